The monoisotopic (exact) mass is 277 g/mol. The van der Waals surface area contributed by atoms with Crippen molar-refractivity contribution in [1.29, 1.82) is 0 Å². The summed E-state index contributed by atoms with van der Waals surface area (Å²) in [5.41, 5.74) is 7.94. The molecule has 2 unspecified atom stereocenters. The second kappa shape index (κ2) is 7.53. The molecule has 1 aromatic heterocycles. The molecule has 1 aliphatic carbocycles. The van der Waals surface area contributed by atoms with Crippen molar-refractivity contribution < 1.29 is 0 Å². The van der Waals surface area contributed by atoms with E-state index in [1.165, 1.54) is 25.7 Å². The van der Waals surface area contributed by atoms with Gasteiger partial charge >= 0.3 is 0 Å². The minimum absolute atomic E-state index is 0.643. The van der Waals surface area contributed by atoms with Gasteiger partial charge in [-0.2, -0.15) is 5.10 Å². The molecule has 20 heavy (non-hydrogen) atoms. The molecule has 112 valence electrons. The van der Waals surface area contributed by atoms with E-state index < -0.39 is 0 Å². The van der Waals surface area contributed by atoms with Crippen LogP contribution in [0.1, 0.15) is 50.9 Å². The van der Waals surface area contributed by atoms with Crippen molar-refractivity contribution in [2.45, 2.75) is 52.4 Å². The van der Waals surface area contributed by atoms with Gasteiger partial charge in [0.05, 0.1) is 11.4 Å². The molecule has 1 aliphatic rings. The zero-order chi connectivity index (χ0) is 14.4. The van der Waals surface area contributed by atoms with Crippen LogP contribution in [-0.2, 0) is 12.8 Å². The third kappa shape index (κ3) is 3.66. The molecule has 0 aromatic carbocycles. The summed E-state index contributed by atoms with van der Waals surface area (Å²) in [7, 11) is 0. The maximum atomic E-state index is 5.87. The Morgan fingerprint density at radius 3 is 2.40 bits per heavy atom. The molecule has 0 radical (unpaired) electrons. The molecule has 1 saturated carbocycles. The average molecular weight is 277 g/mol. The number of hydrogen-bond donors (Lipinski definition) is 2. The number of aryl methyl sites for hydroxylation is 2. The minimum Gasteiger partial charge on any atom is -0.353 e. The highest BCUT2D eigenvalue weighted by molar-refractivity contribution is 5.25. The first-order valence-electron chi connectivity index (χ1n) is 7.94. The van der Waals surface area contributed by atoms with Crippen LogP contribution in [0.3, 0.4) is 0 Å². The highest BCUT2D eigenvalue weighted by Crippen LogP contribution is 2.29. The number of nitrogens with one attached hydrogen (secondary N) is 1. The number of nitrogens with two attached hydrogens (primary N) is 1. The summed E-state index contributed by atoms with van der Waals surface area (Å²) in [5.74, 6) is 1.96. The highest BCUT2D eigenvalue weighted by Gasteiger charge is 2.23. The van der Waals surface area contributed by atoms with Crippen molar-refractivity contribution in [3.05, 3.63) is 11.4 Å². The Hall–Kier alpha value is -1.23. The molecule has 0 amide bonds. The number of anilines is 1. The van der Waals surface area contributed by atoms with Crippen molar-refractivity contribution >= 4 is 5.95 Å². The molecular formula is C15H27N5. The Morgan fingerprint density at radius 1 is 1.05 bits per heavy atom. The first-order valence-corrected chi connectivity index (χ1v) is 7.94. The number of hydrogen-bond acceptors (Lipinski definition) is 5. The van der Waals surface area contributed by atoms with Gasteiger partial charge in [-0.1, -0.05) is 26.7 Å². The van der Waals surface area contributed by atoms with Gasteiger partial charge in [0, 0.05) is 6.54 Å². The van der Waals surface area contributed by atoms with Crippen LogP contribution >= 0.6 is 0 Å². The topological polar surface area (TPSA) is 76.7 Å². The van der Waals surface area contributed by atoms with Gasteiger partial charge < -0.3 is 11.1 Å². The van der Waals surface area contributed by atoms with E-state index in [1.54, 1.807) is 0 Å². The summed E-state index contributed by atoms with van der Waals surface area (Å²) < 4.78 is 0. The zero-order valence-corrected chi connectivity index (χ0v) is 12.7. The van der Waals surface area contributed by atoms with E-state index in [2.05, 4.69) is 34.3 Å². The van der Waals surface area contributed by atoms with Gasteiger partial charge in [-0.05, 0) is 44.1 Å². The maximum absolute atomic E-state index is 5.87. The van der Waals surface area contributed by atoms with Crippen molar-refractivity contribution in [2.24, 2.45) is 17.6 Å². The molecule has 3 N–H and O–H groups in total. The largest absolute Gasteiger partial charge is 0.353 e. The van der Waals surface area contributed by atoms with Crippen molar-refractivity contribution in [2.75, 3.05) is 18.4 Å². The number of aromatic nitrogens is 3. The quantitative estimate of drug-likeness (QED) is 0.833. The SMILES string of the molecule is CCc1nnc(NCC2CCCCC2CN)nc1CC. The molecule has 0 aliphatic heterocycles. The first-order chi connectivity index (χ1) is 9.78. The summed E-state index contributed by atoms with van der Waals surface area (Å²) in [4.78, 5) is 4.58. The third-order valence-electron chi connectivity index (χ3n) is 4.40. The van der Waals surface area contributed by atoms with E-state index in [0.717, 1.165) is 37.3 Å². The molecule has 1 aromatic rings. The second-order valence-electron chi connectivity index (χ2n) is 5.66. The molecule has 1 fully saturated rings. The Labute approximate surface area is 121 Å². The van der Waals surface area contributed by atoms with Crippen LogP contribution in [0.2, 0.25) is 0 Å². The zero-order valence-electron chi connectivity index (χ0n) is 12.7. The smallest absolute Gasteiger partial charge is 0.242 e. The average Bonchev–Trinajstić information content (AvgIpc) is 2.52. The van der Waals surface area contributed by atoms with Crippen molar-refractivity contribution in [1.82, 2.24) is 15.2 Å². The van der Waals surface area contributed by atoms with Crippen molar-refractivity contribution in [3.63, 3.8) is 0 Å². The molecule has 2 rings (SSSR count). The fraction of sp³-hybridized carbons (Fsp3) is 0.800. The Kier molecular flexibility index (Phi) is 5.71. The molecule has 0 spiro atoms. The second-order valence-corrected chi connectivity index (χ2v) is 5.66. The Bertz CT molecular complexity index is 421. The lowest BCUT2D eigenvalue weighted by Crippen LogP contribution is -2.31. The van der Waals surface area contributed by atoms with Crippen LogP contribution in [-0.4, -0.2) is 28.3 Å². The standard InChI is InChI=1S/C15H27N5/c1-3-13-14(4-2)19-20-15(18-13)17-10-12-8-6-5-7-11(12)9-16/h11-12H,3-10,16H2,1-2H3,(H,17,18,20). The summed E-state index contributed by atoms with van der Waals surface area (Å²) in [5, 5.41) is 11.8. The van der Waals surface area contributed by atoms with Crippen LogP contribution in [0.4, 0.5) is 5.95 Å². The van der Waals surface area contributed by atoms with E-state index in [4.69, 9.17) is 5.73 Å². The molecular weight excluding hydrogens is 250 g/mol. The molecule has 2 atom stereocenters. The van der Waals surface area contributed by atoms with Gasteiger partial charge in [0.1, 0.15) is 0 Å². The van der Waals surface area contributed by atoms with Crippen LogP contribution in [0.25, 0.3) is 0 Å². The van der Waals surface area contributed by atoms with Gasteiger partial charge in [0.25, 0.3) is 0 Å². The van der Waals surface area contributed by atoms with Crippen LogP contribution in [0.5, 0.6) is 0 Å². The Morgan fingerprint density at radius 2 is 1.75 bits per heavy atom. The number of nitrogens with zero attached hydrogens (tertiary/aromatic N) is 3. The van der Waals surface area contributed by atoms with E-state index in [-0.39, 0.29) is 0 Å². The molecule has 0 saturated heterocycles. The van der Waals surface area contributed by atoms with Gasteiger partial charge in [0.2, 0.25) is 5.95 Å². The molecule has 5 nitrogen and oxygen atoms in total. The van der Waals surface area contributed by atoms with E-state index >= 15 is 0 Å². The van der Waals surface area contributed by atoms with Crippen molar-refractivity contribution in [3.8, 4) is 0 Å². The summed E-state index contributed by atoms with van der Waals surface area (Å²) in [6, 6.07) is 0. The maximum Gasteiger partial charge on any atom is 0.242 e. The van der Waals surface area contributed by atoms with Gasteiger partial charge in [-0.15, -0.1) is 5.10 Å². The predicted molar refractivity (Wildman–Crippen MR) is 81.6 cm³/mol. The molecule has 0 bridgehead atoms. The molecule has 5 heteroatoms. The van der Waals surface area contributed by atoms with Crippen LogP contribution < -0.4 is 11.1 Å². The number of rotatable bonds is 6. The summed E-state index contributed by atoms with van der Waals surface area (Å²) >= 11 is 0. The van der Waals surface area contributed by atoms with Crippen LogP contribution in [0.15, 0.2) is 0 Å². The van der Waals surface area contributed by atoms with E-state index in [1.807, 2.05) is 0 Å². The fourth-order valence-electron chi connectivity index (χ4n) is 3.10. The van der Waals surface area contributed by atoms with E-state index in [9.17, 15) is 0 Å². The lowest BCUT2D eigenvalue weighted by atomic mass is 9.79. The summed E-state index contributed by atoms with van der Waals surface area (Å²) in [6.45, 7) is 5.91. The lowest BCUT2D eigenvalue weighted by molar-refractivity contribution is 0.255. The van der Waals surface area contributed by atoms with Crippen LogP contribution in [0, 0.1) is 11.8 Å². The van der Waals surface area contributed by atoms with E-state index in [0.29, 0.717) is 17.8 Å². The fourth-order valence-corrected chi connectivity index (χ4v) is 3.10. The first kappa shape index (κ1) is 15.2. The van der Waals surface area contributed by atoms with Gasteiger partial charge in [0.15, 0.2) is 0 Å². The normalized spacial score (nSPS) is 22.8. The lowest BCUT2D eigenvalue weighted by Gasteiger charge is -2.30. The highest BCUT2D eigenvalue weighted by atomic mass is 15.2. The molecule has 1 heterocycles. The van der Waals surface area contributed by atoms with Gasteiger partial charge in [-0.3, -0.25) is 0 Å². The van der Waals surface area contributed by atoms with Gasteiger partial charge in [-0.25, -0.2) is 4.98 Å². The predicted octanol–water partition coefficient (Wildman–Crippen LogP) is 2.17. The Balaban J connectivity index is 1.96. The third-order valence-corrected chi connectivity index (χ3v) is 4.40. The summed E-state index contributed by atoms with van der Waals surface area (Å²) in [6.07, 6.45) is 6.95. The minimum atomic E-state index is 0.643.